The van der Waals surface area contributed by atoms with Crippen LogP contribution in [0, 0.1) is 0 Å². The van der Waals surface area contributed by atoms with E-state index in [4.69, 9.17) is 16.3 Å². The van der Waals surface area contributed by atoms with E-state index in [-0.39, 0.29) is 11.0 Å². The highest BCUT2D eigenvalue weighted by molar-refractivity contribution is 6.20. The largest absolute Gasteiger partial charge is 0.378 e. The van der Waals surface area contributed by atoms with Gasteiger partial charge in [0.15, 0.2) is 0 Å². The fourth-order valence-corrected chi connectivity index (χ4v) is 3.62. The lowest BCUT2D eigenvalue weighted by Crippen LogP contribution is -2.41. The predicted molar refractivity (Wildman–Crippen MR) is 85.5 cm³/mol. The lowest BCUT2D eigenvalue weighted by atomic mass is 9.76. The summed E-state index contributed by atoms with van der Waals surface area (Å²) in [7, 11) is 1.82. The van der Waals surface area contributed by atoms with Crippen molar-refractivity contribution in [2.45, 2.75) is 43.1 Å². The molecule has 2 aromatic rings. The molecule has 1 nitrogen and oxygen atoms in total. The van der Waals surface area contributed by atoms with Gasteiger partial charge in [-0.25, -0.2) is 0 Å². The number of ether oxygens (including phenoxy) is 1. The molecule has 0 saturated heterocycles. The van der Waals surface area contributed by atoms with E-state index in [1.54, 1.807) is 0 Å². The first kappa shape index (κ1) is 13.9. The van der Waals surface area contributed by atoms with Crippen LogP contribution in [0.5, 0.6) is 0 Å². The smallest absolute Gasteiger partial charge is 0.0693 e. The minimum atomic E-state index is 0.0588. The third-order valence-corrected chi connectivity index (χ3v) is 4.87. The summed E-state index contributed by atoms with van der Waals surface area (Å²) in [4.78, 5) is 0. The third-order valence-electron chi connectivity index (χ3n) is 4.56. The Labute approximate surface area is 125 Å². The molecule has 1 unspecified atom stereocenters. The van der Waals surface area contributed by atoms with E-state index < -0.39 is 0 Å². The summed E-state index contributed by atoms with van der Waals surface area (Å²) in [5.41, 5.74) is 1.37. The number of alkyl halides is 1. The highest BCUT2D eigenvalue weighted by Crippen LogP contribution is 2.40. The molecule has 0 N–H and O–H groups in total. The van der Waals surface area contributed by atoms with Crippen molar-refractivity contribution in [1.29, 1.82) is 0 Å². The molecule has 0 radical (unpaired) electrons. The molecule has 2 aromatic carbocycles. The molecule has 1 aliphatic rings. The van der Waals surface area contributed by atoms with Gasteiger partial charge in [-0.15, -0.1) is 11.6 Å². The second-order valence-electron chi connectivity index (χ2n) is 5.93. The van der Waals surface area contributed by atoms with Gasteiger partial charge in [0.1, 0.15) is 0 Å². The van der Waals surface area contributed by atoms with Gasteiger partial charge >= 0.3 is 0 Å². The van der Waals surface area contributed by atoms with Crippen LogP contribution in [-0.2, 0) is 11.2 Å². The van der Waals surface area contributed by atoms with Gasteiger partial charge in [-0.3, -0.25) is 0 Å². The van der Waals surface area contributed by atoms with Gasteiger partial charge in [0, 0.05) is 12.5 Å². The van der Waals surface area contributed by atoms with Crippen LogP contribution in [0.15, 0.2) is 42.5 Å². The molecule has 106 valence electrons. The van der Waals surface area contributed by atoms with Gasteiger partial charge in [0.2, 0.25) is 0 Å². The number of fused-ring (bicyclic) bond motifs is 1. The van der Waals surface area contributed by atoms with Crippen LogP contribution in [0.1, 0.15) is 31.2 Å². The van der Waals surface area contributed by atoms with Crippen molar-refractivity contribution in [2.24, 2.45) is 0 Å². The molecule has 1 atom stereocenters. The van der Waals surface area contributed by atoms with Crippen molar-refractivity contribution in [3.8, 4) is 0 Å². The van der Waals surface area contributed by atoms with Gasteiger partial charge in [0.25, 0.3) is 0 Å². The highest BCUT2D eigenvalue weighted by Gasteiger charge is 2.38. The standard InChI is InChI=1S/C18H21ClO/c1-20-18(9-4-10-18)13-17(19)12-14-7-8-15-5-2-3-6-16(15)11-14/h2-3,5-8,11,17H,4,9-10,12-13H2,1H3. The van der Waals surface area contributed by atoms with Crippen molar-refractivity contribution in [3.05, 3.63) is 48.0 Å². The number of hydrogen-bond donors (Lipinski definition) is 0. The number of hydrogen-bond acceptors (Lipinski definition) is 1. The molecule has 3 rings (SSSR count). The van der Waals surface area contributed by atoms with Crippen LogP contribution in [0.2, 0.25) is 0 Å². The number of methoxy groups -OCH3 is 1. The van der Waals surface area contributed by atoms with E-state index in [1.807, 2.05) is 7.11 Å². The van der Waals surface area contributed by atoms with Gasteiger partial charge in [-0.05, 0) is 48.4 Å². The maximum atomic E-state index is 6.56. The first-order valence-corrected chi connectivity index (χ1v) is 7.81. The summed E-state index contributed by atoms with van der Waals surface area (Å²) in [6.07, 6.45) is 5.46. The second kappa shape index (κ2) is 5.75. The summed E-state index contributed by atoms with van der Waals surface area (Å²) in [5.74, 6) is 0. The van der Waals surface area contributed by atoms with E-state index in [0.717, 1.165) is 25.7 Å². The molecule has 1 saturated carbocycles. The number of rotatable bonds is 5. The second-order valence-corrected chi connectivity index (χ2v) is 6.54. The van der Waals surface area contributed by atoms with Crippen LogP contribution in [-0.4, -0.2) is 18.1 Å². The summed E-state index contributed by atoms with van der Waals surface area (Å²) in [6.45, 7) is 0. The Bertz CT molecular complexity index is 583. The maximum absolute atomic E-state index is 6.56. The zero-order valence-electron chi connectivity index (χ0n) is 11.9. The normalized spacial score (nSPS) is 18.7. The molecule has 2 heteroatoms. The zero-order valence-corrected chi connectivity index (χ0v) is 12.7. The Morgan fingerprint density at radius 2 is 1.90 bits per heavy atom. The molecular formula is C18H21ClO. The van der Waals surface area contributed by atoms with E-state index in [9.17, 15) is 0 Å². The third kappa shape index (κ3) is 2.84. The van der Waals surface area contributed by atoms with Crippen molar-refractivity contribution < 1.29 is 4.74 Å². The highest BCUT2D eigenvalue weighted by atomic mass is 35.5. The molecule has 0 aromatic heterocycles. The molecule has 0 aliphatic heterocycles. The van der Waals surface area contributed by atoms with E-state index in [2.05, 4.69) is 42.5 Å². The summed E-state index contributed by atoms with van der Waals surface area (Å²) in [6, 6.07) is 15.1. The topological polar surface area (TPSA) is 9.23 Å². The molecule has 0 heterocycles. The molecule has 0 amide bonds. The van der Waals surface area contributed by atoms with Crippen molar-refractivity contribution >= 4 is 22.4 Å². The fraction of sp³-hybridized carbons (Fsp3) is 0.444. The van der Waals surface area contributed by atoms with E-state index >= 15 is 0 Å². The lowest BCUT2D eigenvalue weighted by molar-refractivity contribution is -0.0777. The van der Waals surface area contributed by atoms with Crippen LogP contribution in [0.25, 0.3) is 10.8 Å². The average molecular weight is 289 g/mol. The number of halogens is 1. The first-order valence-electron chi connectivity index (χ1n) is 7.38. The van der Waals surface area contributed by atoms with Gasteiger partial charge in [-0.2, -0.15) is 0 Å². The molecule has 1 aliphatic carbocycles. The average Bonchev–Trinajstić information content (AvgIpc) is 2.43. The Morgan fingerprint density at radius 1 is 1.15 bits per heavy atom. The van der Waals surface area contributed by atoms with Crippen molar-refractivity contribution in [3.63, 3.8) is 0 Å². The van der Waals surface area contributed by atoms with E-state index in [0.29, 0.717) is 0 Å². The molecule has 0 bridgehead atoms. The fourth-order valence-electron chi connectivity index (χ4n) is 3.16. The lowest BCUT2D eigenvalue weighted by Gasteiger charge is -2.41. The Hall–Kier alpha value is -1.05. The predicted octanol–water partition coefficient (Wildman–Crippen LogP) is 4.95. The first-order chi connectivity index (χ1) is 9.71. The summed E-state index contributed by atoms with van der Waals surface area (Å²) >= 11 is 6.56. The van der Waals surface area contributed by atoms with Crippen LogP contribution >= 0.6 is 11.6 Å². The van der Waals surface area contributed by atoms with E-state index in [1.165, 1.54) is 22.8 Å². The number of benzene rings is 2. The molecular weight excluding hydrogens is 268 g/mol. The maximum Gasteiger partial charge on any atom is 0.0693 e. The quantitative estimate of drug-likeness (QED) is 0.708. The Balaban J connectivity index is 1.69. The van der Waals surface area contributed by atoms with Crippen LogP contribution in [0.4, 0.5) is 0 Å². The summed E-state index contributed by atoms with van der Waals surface area (Å²) in [5, 5.41) is 2.73. The van der Waals surface area contributed by atoms with Crippen molar-refractivity contribution in [2.75, 3.05) is 7.11 Å². The molecule has 0 spiro atoms. The Kier molecular flexibility index (Phi) is 4.00. The van der Waals surface area contributed by atoms with Gasteiger partial charge in [0.05, 0.1) is 5.60 Å². The van der Waals surface area contributed by atoms with Gasteiger partial charge < -0.3 is 4.74 Å². The summed E-state index contributed by atoms with van der Waals surface area (Å²) < 4.78 is 5.67. The zero-order chi connectivity index (χ0) is 14.0. The molecule has 20 heavy (non-hydrogen) atoms. The molecule has 1 fully saturated rings. The van der Waals surface area contributed by atoms with Crippen LogP contribution in [0.3, 0.4) is 0 Å². The monoisotopic (exact) mass is 288 g/mol. The van der Waals surface area contributed by atoms with Crippen LogP contribution < -0.4 is 0 Å². The minimum absolute atomic E-state index is 0.0588. The Morgan fingerprint density at radius 3 is 2.55 bits per heavy atom. The minimum Gasteiger partial charge on any atom is -0.378 e. The van der Waals surface area contributed by atoms with Crippen molar-refractivity contribution in [1.82, 2.24) is 0 Å². The van der Waals surface area contributed by atoms with Gasteiger partial charge in [-0.1, -0.05) is 42.5 Å². The SMILES string of the molecule is COC1(CC(Cl)Cc2ccc3ccccc3c2)CCC1.